The number of likely N-dealkylation sites (N-methyl/N-ethyl adjacent to an activating group) is 1. The SMILES string of the molecule is CCOc1ccc(C(CO)CNC)cc1Cl. The maximum atomic E-state index is 9.26. The molecule has 3 nitrogen and oxygen atoms in total. The summed E-state index contributed by atoms with van der Waals surface area (Å²) in [6.07, 6.45) is 0. The van der Waals surface area contributed by atoms with Crippen molar-refractivity contribution in [2.24, 2.45) is 0 Å². The number of hydrogen-bond acceptors (Lipinski definition) is 3. The summed E-state index contributed by atoms with van der Waals surface area (Å²) in [6, 6.07) is 5.64. The molecule has 0 aliphatic rings. The Balaban J connectivity index is 2.85. The van der Waals surface area contributed by atoms with Gasteiger partial charge < -0.3 is 15.2 Å². The zero-order valence-corrected chi connectivity index (χ0v) is 10.4. The molecule has 16 heavy (non-hydrogen) atoms. The molecule has 0 aliphatic heterocycles. The van der Waals surface area contributed by atoms with E-state index < -0.39 is 0 Å². The Morgan fingerprint density at radius 1 is 1.50 bits per heavy atom. The third kappa shape index (κ3) is 3.37. The van der Waals surface area contributed by atoms with Crippen molar-refractivity contribution < 1.29 is 9.84 Å². The molecule has 0 aliphatic carbocycles. The van der Waals surface area contributed by atoms with E-state index in [2.05, 4.69) is 5.32 Å². The van der Waals surface area contributed by atoms with Gasteiger partial charge in [0, 0.05) is 12.5 Å². The summed E-state index contributed by atoms with van der Waals surface area (Å²) in [7, 11) is 1.86. The zero-order valence-electron chi connectivity index (χ0n) is 9.66. The van der Waals surface area contributed by atoms with Crippen LogP contribution in [0, 0.1) is 0 Å². The summed E-state index contributed by atoms with van der Waals surface area (Å²) < 4.78 is 5.35. The minimum Gasteiger partial charge on any atom is -0.492 e. The Kier molecular flexibility index (Phi) is 5.60. The van der Waals surface area contributed by atoms with Crippen LogP contribution in [0.3, 0.4) is 0 Å². The predicted octanol–water partition coefficient (Wildman–Crippen LogP) is 2.03. The van der Waals surface area contributed by atoms with Gasteiger partial charge in [0.2, 0.25) is 0 Å². The number of halogens is 1. The second-order valence-electron chi connectivity index (χ2n) is 3.56. The monoisotopic (exact) mass is 243 g/mol. The summed E-state index contributed by atoms with van der Waals surface area (Å²) in [4.78, 5) is 0. The Morgan fingerprint density at radius 3 is 2.75 bits per heavy atom. The lowest BCUT2D eigenvalue weighted by Crippen LogP contribution is -2.20. The van der Waals surface area contributed by atoms with Crippen LogP contribution < -0.4 is 10.1 Å². The predicted molar refractivity (Wildman–Crippen MR) is 66.4 cm³/mol. The van der Waals surface area contributed by atoms with Gasteiger partial charge in [0.05, 0.1) is 18.2 Å². The topological polar surface area (TPSA) is 41.5 Å². The van der Waals surface area contributed by atoms with Gasteiger partial charge in [-0.3, -0.25) is 0 Å². The van der Waals surface area contributed by atoms with E-state index in [4.69, 9.17) is 16.3 Å². The van der Waals surface area contributed by atoms with E-state index in [0.717, 1.165) is 12.1 Å². The van der Waals surface area contributed by atoms with E-state index in [0.29, 0.717) is 17.4 Å². The Labute approximate surface area is 101 Å². The lowest BCUT2D eigenvalue weighted by molar-refractivity contribution is 0.263. The first-order chi connectivity index (χ1) is 7.72. The summed E-state index contributed by atoms with van der Waals surface area (Å²) in [5.74, 6) is 0.757. The van der Waals surface area contributed by atoms with Gasteiger partial charge in [-0.15, -0.1) is 0 Å². The van der Waals surface area contributed by atoms with Gasteiger partial charge in [0.1, 0.15) is 5.75 Å². The second kappa shape index (κ2) is 6.74. The molecule has 0 heterocycles. The molecule has 0 fully saturated rings. The van der Waals surface area contributed by atoms with E-state index in [1.807, 2.05) is 32.2 Å². The van der Waals surface area contributed by atoms with Crippen molar-refractivity contribution in [3.8, 4) is 5.75 Å². The Bertz CT molecular complexity index is 331. The highest BCUT2D eigenvalue weighted by Crippen LogP contribution is 2.28. The van der Waals surface area contributed by atoms with Crippen LogP contribution in [0.15, 0.2) is 18.2 Å². The Morgan fingerprint density at radius 2 is 2.25 bits per heavy atom. The second-order valence-corrected chi connectivity index (χ2v) is 3.97. The van der Waals surface area contributed by atoms with Crippen molar-refractivity contribution in [2.75, 3.05) is 26.8 Å². The van der Waals surface area contributed by atoms with Gasteiger partial charge in [-0.05, 0) is 31.7 Å². The van der Waals surface area contributed by atoms with Gasteiger partial charge in [-0.2, -0.15) is 0 Å². The Hall–Kier alpha value is -0.770. The molecule has 0 amide bonds. The highest BCUT2D eigenvalue weighted by molar-refractivity contribution is 6.32. The number of hydrogen-bond donors (Lipinski definition) is 2. The summed E-state index contributed by atoms with van der Waals surface area (Å²) in [5, 5.41) is 12.9. The van der Waals surface area contributed by atoms with Gasteiger partial charge in [0.25, 0.3) is 0 Å². The first kappa shape index (κ1) is 13.3. The lowest BCUT2D eigenvalue weighted by Gasteiger charge is -2.15. The van der Waals surface area contributed by atoms with Crippen LogP contribution in [0.2, 0.25) is 5.02 Å². The molecule has 1 atom stereocenters. The molecule has 1 unspecified atom stereocenters. The lowest BCUT2D eigenvalue weighted by atomic mass is 10.00. The van der Waals surface area contributed by atoms with Crippen molar-refractivity contribution >= 4 is 11.6 Å². The summed E-state index contributed by atoms with van der Waals surface area (Å²) >= 11 is 6.08. The van der Waals surface area contributed by atoms with Crippen LogP contribution in [0.25, 0.3) is 0 Å². The molecule has 0 saturated carbocycles. The van der Waals surface area contributed by atoms with E-state index in [1.54, 1.807) is 0 Å². The number of ether oxygens (including phenoxy) is 1. The molecular weight excluding hydrogens is 226 g/mol. The normalized spacial score (nSPS) is 12.5. The van der Waals surface area contributed by atoms with E-state index in [9.17, 15) is 5.11 Å². The van der Waals surface area contributed by atoms with Crippen LogP contribution in [0.4, 0.5) is 0 Å². The third-order valence-electron chi connectivity index (χ3n) is 2.40. The van der Waals surface area contributed by atoms with E-state index in [-0.39, 0.29) is 12.5 Å². The third-order valence-corrected chi connectivity index (χ3v) is 2.69. The molecule has 0 saturated heterocycles. The van der Waals surface area contributed by atoms with Crippen molar-refractivity contribution in [2.45, 2.75) is 12.8 Å². The average Bonchev–Trinajstić information content (AvgIpc) is 2.29. The number of aliphatic hydroxyl groups excluding tert-OH is 1. The summed E-state index contributed by atoms with van der Waals surface area (Å²) in [5.41, 5.74) is 1.02. The molecule has 0 aromatic heterocycles. The standard InChI is InChI=1S/C12H18ClNO2/c1-3-16-12-5-4-9(6-11(12)13)10(8-15)7-14-2/h4-6,10,14-15H,3,7-8H2,1-2H3. The molecule has 1 aromatic carbocycles. The highest BCUT2D eigenvalue weighted by atomic mass is 35.5. The fraction of sp³-hybridized carbons (Fsp3) is 0.500. The fourth-order valence-corrected chi connectivity index (χ4v) is 1.82. The zero-order chi connectivity index (χ0) is 12.0. The molecule has 90 valence electrons. The van der Waals surface area contributed by atoms with Crippen molar-refractivity contribution in [3.05, 3.63) is 28.8 Å². The minimum atomic E-state index is 0.0678. The molecule has 0 spiro atoms. The molecule has 0 radical (unpaired) electrons. The van der Waals surface area contributed by atoms with Gasteiger partial charge in [-0.1, -0.05) is 17.7 Å². The summed E-state index contributed by atoms with van der Waals surface area (Å²) in [6.45, 7) is 3.34. The molecule has 4 heteroatoms. The number of rotatable bonds is 6. The molecule has 2 N–H and O–H groups in total. The first-order valence-electron chi connectivity index (χ1n) is 5.40. The molecular formula is C12H18ClNO2. The number of benzene rings is 1. The minimum absolute atomic E-state index is 0.0678. The van der Waals surface area contributed by atoms with Crippen LogP contribution in [-0.4, -0.2) is 31.9 Å². The fourth-order valence-electron chi connectivity index (χ4n) is 1.58. The van der Waals surface area contributed by atoms with Crippen molar-refractivity contribution in [1.82, 2.24) is 5.32 Å². The molecule has 0 bridgehead atoms. The molecule has 1 rings (SSSR count). The first-order valence-corrected chi connectivity index (χ1v) is 5.78. The van der Waals surface area contributed by atoms with Crippen LogP contribution in [-0.2, 0) is 0 Å². The van der Waals surface area contributed by atoms with E-state index >= 15 is 0 Å². The van der Waals surface area contributed by atoms with Crippen molar-refractivity contribution in [3.63, 3.8) is 0 Å². The molecule has 1 aromatic rings. The van der Waals surface area contributed by atoms with Crippen LogP contribution in [0.5, 0.6) is 5.75 Å². The average molecular weight is 244 g/mol. The quantitative estimate of drug-likeness (QED) is 0.804. The van der Waals surface area contributed by atoms with Gasteiger partial charge >= 0.3 is 0 Å². The smallest absolute Gasteiger partial charge is 0.137 e. The van der Waals surface area contributed by atoms with Crippen LogP contribution >= 0.6 is 11.6 Å². The van der Waals surface area contributed by atoms with Crippen LogP contribution in [0.1, 0.15) is 18.4 Å². The maximum absolute atomic E-state index is 9.26. The number of nitrogens with one attached hydrogen (secondary N) is 1. The highest BCUT2D eigenvalue weighted by Gasteiger charge is 2.11. The van der Waals surface area contributed by atoms with E-state index in [1.165, 1.54) is 0 Å². The van der Waals surface area contributed by atoms with Gasteiger partial charge in [0.15, 0.2) is 0 Å². The van der Waals surface area contributed by atoms with Gasteiger partial charge in [-0.25, -0.2) is 0 Å². The largest absolute Gasteiger partial charge is 0.492 e. The van der Waals surface area contributed by atoms with Crippen molar-refractivity contribution in [1.29, 1.82) is 0 Å². The number of aliphatic hydroxyl groups is 1. The maximum Gasteiger partial charge on any atom is 0.137 e.